The van der Waals surface area contributed by atoms with E-state index in [0.717, 1.165) is 0 Å². The van der Waals surface area contributed by atoms with E-state index in [2.05, 4.69) is 9.97 Å². The zero-order valence-corrected chi connectivity index (χ0v) is 17.7. The van der Waals surface area contributed by atoms with Crippen LogP contribution < -0.4 is 0 Å². The van der Waals surface area contributed by atoms with Gasteiger partial charge in [0.25, 0.3) is 0 Å². The summed E-state index contributed by atoms with van der Waals surface area (Å²) in [6, 6.07) is 4.46. The Morgan fingerprint density at radius 2 is 2.10 bits per heavy atom. The minimum absolute atomic E-state index is 0.00163. The summed E-state index contributed by atoms with van der Waals surface area (Å²) in [5, 5.41) is 0.498. The zero-order chi connectivity index (χ0) is 21.8. The number of carbonyl (C=O) groups is 3. The molecular weight excluding hydrogens is 424 g/mol. The highest BCUT2D eigenvalue weighted by Crippen LogP contribution is 2.26. The molecule has 0 N–H and O–H groups in total. The quantitative estimate of drug-likeness (QED) is 0.372. The number of aromatic nitrogens is 2. The number of hydrogen-bond donors (Lipinski definition) is 0. The van der Waals surface area contributed by atoms with Gasteiger partial charge >= 0.3 is 12.1 Å². The predicted octanol–water partition coefficient (Wildman–Crippen LogP) is 1.81. The van der Waals surface area contributed by atoms with Gasteiger partial charge in [-0.25, -0.2) is 19.6 Å². The fourth-order valence-corrected chi connectivity index (χ4v) is 4.47. The molecular formula is C20H22N4O6S. The van der Waals surface area contributed by atoms with Crippen molar-refractivity contribution >= 4 is 29.7 Å². The van der Waals surface area contributed by atoms with Crippen molar-refractivity contribution < 1.29 is 28.3 Å². The number of methoxy groups -OCH3 is 1. The number of carbonyl (C=O) groups excluding carboxylic acids is 3. The lowest BCUT2D eigenvalue weighted by atomic mass is 10.0. The molecule has 2 amide bonds. The van der Waals surface area contributed by atoms with Gasteiger partial charge in [0, 0.05) is 25.3 Å². The van der Waals surface area contributed by atoms with Gasteiger partial charge in [-0.1, -0.05) is 11.8 Å². The first-order valence-electron chi connectivity index (χ1n) is 9.87. The molecule has 0 bridgehead atoms. The molecule has 2 fully saturated rings. The van der Waals surface area contributed by atoms with Crippen molar-refractivity contribution in [2.75, 3.05) is 32.6 Å². The van der Waals surface area contributed by atoms with Gasteiger partial charge in [-0.3, -0.25) is 9.69 Å². The maximum absolute atomic E-state index is 12.6. The van der Waals surface area contributed by atoms with Gasteiger partial charge in [0.15, 0.2) is 17.0 Å². The number of piperidine rings is 1. The lowest BCUT2D eigenvalue weighted by Gasteiger charge is -2.37. The number of ether oxygens (including phenoxy) is 2. The number of cyclic esters (lactones) is 1. The monoisotopic (exact) mass is 446 g/mol. The Kier molecular flexibility index (Phi) is 6.40. The first-order chi connectivity index (χ1) is 15.1. The number of hydrogen-bond acceptors (Lipinski definition) is 9. The van der Waals surface area contributed by atoms with Crippen LogP contribution in [-0.2, 0) is 19.1 Å². The Balaban J connectivity index is 1.29. The van der Waals surface area contributed by atoms with Crippen molar-refractivity contribution in [2.24, 2.45) is 0 Å². The third-order valence-electron chi connectivity index (χ3n) is 5.33. The number of likely N-dealkylation sites (tertiary alicyclic amines) is 1. The predicted molar refractivity (Wildman–Crippen MR) is 109 cm³/mol. The Morgan fingerprint density at radius 1 is 1.29 bits per heavy atom. The third kappa shape index (κ3) is 4.66. The van der Waals surface area contributed by atoms with E-state index >= 15 is 0 Å². The third-order valence-corrected chi connectivity index (χ3v) is 6.17. The molecule has 10 nitrogen and oxygen atoms in total. The van der Waals surface area contributed by atoms with Gasteiger partial charge in [0.1, 0.15) is 12.3 Å². The molecule has 4 rings (SSSR count). The Labute approximate surface area is 182 Å². The number of nitrogens with zero attached hydrogens (tertiary/aromatic N) is 4. The summed E-state index contributed by atoms with van der Waals surface area (Å²) in [4.78, 5) is 48.5. The highest BCUT2D eigenvalue weighted by Gasteiger charge is 2.44. The van der Waals surface area contributed by atoms with Crippen LogP contribution in [0, 0.1) is 0 Å². The number of furan rings is 1. The van der Waals surface area contributed by atoms with E-state index < -0.39 is 18.1 Å². The average molecular weight is 446 g/mol. The molecule has 2 aromatic heterocycles. The molecule has 4 heterocycles. The number of thioether (sulfide) groups is 1. The van der Waals surface area contributed by atoms with Crippen LogP contribution >= 0.6 is 11.8 Å². The Hall–Kier alpha value is -3.08. The van der Waals surface area contributed by atoms with E-state index in [4.69, 9.17) is 13.9 Å². The Bertz CT molecular complexity index is 945. The largest absolute Gasteiger partial charge is 0.467 e. The molecule has 2 saturated heterocycles. The number of rotatable bonds is 6. The van der Waals surface area contributed by atoms with Crippen molar-refractivity contribution in [3.05, 3.63) is 30.7 Å². The number of amides is 2. The van der Waals surface area contributed by atoms with Crippen LogP contribution in [0.2, 0.25) is 0 Å². The standard InChI is InChI=1S/C20H22N4O6S/c1-28-18(26)15-11-30-20(27)24(15)13-5-8-23(9-6-13)17(25)12-31-19-21-7-4-14(22-19)16-3-2-10-29-16/h2-4,7,10,13,15H,5-6,8-9,11-12H2,1H3. The fraction of sp³-hybridized carbons (Fsp3) is 0.450. The molecule has 0 spiro atoms. The van der Waals surface area contributed by atoms with Crippen LogP contribution in [0.25, 0.3) is 11.5 Å². The average Bonchev–Trinajstić information content (AvgIpc) is 3.47. The summed E-state index contributed by atoms with van der Waals surface area (Å²) in [6.45, 7) is 0.989. The fourth-order valence-electron chi connectivity index (χ4n) is 3.74. The highest BCUT2D eigenvalue weighted by atomic mass is 32.2. The minimum Gasteiger partial charge on any atom is -0.467 e. The van der Waals surface area contributed by atoms with E-state index in [9.17, 15) is 14.4 Å². The van der Waals surface area contributed by atoms with E-state index in [1.165, 1.54) is 23.8 Å². The summed E-state index contributed by atoms with van der Waals surface area (Å²) in [5.41, 5.74) is 0.661. The normalized spacial score (nSPS) is 19.4. The van der Waals surface area contributed by atoms with Crippen molar-refractivity contribution in [2.45, 2.75) is 30.1 Å². The molecule has 31 heavy (non-hydrogen) atoms. The lowest BCUT2D eigenvalue weighted by Crippen LogP contribution is -2.52. The maximum Gasteiger partial charge on any atom is 0.410 e. The molecule has 0 aromatic carbocycles. The first-order valence-corrected chi connectivity index (χ1v) is 10.9. The molecule has 0 radical (unpaired) electrons. The van der Waals surface area contributed by atoms with Crippen LogP contribution in [0.15, 0.2) is 40.2 Å². The Morgan fingerprint density at radius 3 is 2.81 bits per heavy atom. The minimum atomic E-state index is -0.723. The van der Waals surface area contributed by atoms with E-state index in [1.807, 2.05) is 6.07 Å². The summed E-state index contributed by atoms with van der Waals surface area (Å²) in [7, 11) is 1.29. The summed E-state index contributed by atoms with van der Waals surface area (Å²) in [6.07, 6.45) is 3.85. The zero-order valence-electron chi connectivity index (χ0n) is 16.9. The van der Waals surface area contributed by atoms with Gasteiger partial charge in [0.2, 0.25) is 5.91 Å². The molecule has 11 heteroatoms. The van der Waals surface area contributed by atoms with Gasteiger partial charge in [-0.15, -0.1) is 0 Å². The molecule has 164 valence electrons. The smallest absolute Gasteiger partial charge is 0.410 e. The van der Waals surface area contributed by atoms with Crippen LogP contribution in [-0.4, -0.2) is 82.4 Å². The van der Waals surface area contributed by atoms with E-state index in [0.29, 0.717) is 42.5 Å². The molecule has 2 aliphatic rings. The van der Waals surface area contributed by atoms with Gasteiger partial charge in [-0.05, 0) is 31.0 Å². The summed E-state index contributed by atoms with van der Waals surface area (Å²) < 4.78 is 15.1. The van der Waals surface area contributed by atoms with Crippen LogP contribution in [0.1, 0.15) is 12.8 Å². The second-order valence-corrected chi connectivity index (χ2v) is 8.07. The molecule has 1 unspecified atom stereocenters. The van der Waals surface area contributed by atoms with Crippen LogP contribution in [0.3, 0.4) is 0 Å². The van der Waals surface area contributed by atoms with Gasteiger partial charge in [-0.2, -0.15) is 0 Å². The maximum atomic E-state index is 12.6. The van der Waals surface area contributed by atoms with Gasteiger partial charge < -0.3 is 18.8 Å². The van der Waals surface area contributed by atoms with Crippen molar-refractivity contribution in [3.8, 4) is 11.5 Å². The van der Waals surface area contributed by atoms with Crippen LogP contribution in [0.4, 0.5) is 4.79 Å². The second kappa shape index (κ2) is 9.38. The van der Waals surface area contributed by atoms with Gasteiger partial charge in [0.05, 0.1) is 19.1 Å². The summed E-state index contributed by atoms with van der Waals surface area (Å²) >= 11 is 1.27. The van der Waals surface area contributed by atoms with Crippen molar-refractivity contribution in [3.63, 3.8) is 0 Å². The summed E-state index contributed by atoms with van der Waals surface area (Å²) in [5.74, 6) is 0.341. The number of esters is 1. The SMILES string of the molecule is COC(=O)C1COC(=O)N1C1CCN(C(=O)CSc2nccc(-c3ccco3)n2)CC1. The molecule has 0 aliphatic carbocycles. The van der Waals surface area contributed by atoms with E-state index in [-0.39, 0.29) is 24.3 Å². The molecule has 2 aliphatic heterocycles. The van der Waals surface area contributed by atoms with E-state index in [1.54, 1.807) is 29.5 Å². The van der Waals surface area contributed by atoms with Crippen LogP contribution in [0.5, 0.6) is 0 Å². The first kappa shape index (κ1) is 21.2. The van der Waals surface area contributed by atoms with Crippen molar-refractivity contribution in [1.29, 1.82) is 0 Å². The topological polar surface area (TPSA) is 115 Å². The second-order valence-electron chi connectivity index (χ2n) is 7.13. The molecule has 2 aromatic rings. The molecule has 1 atom stereocenters. The van der Waals surface area contributed by atoms with Crippen molar-refractivity contribution in [1.82, 2.24) is 19.8 Å². The molecule has 0 saturated carbocycles. The lowest BCUT2D eigenvalue weighted by molar-refractivity contribution is -0.146. The highest BCUT2D eigenvalue weighted by molar-refractivity contribution is 7.99.